The van der Waals surface area contributed by atoms with Crippen molar-refractivity contribution in [1.82, 2.24) is 4.57 Å². The Morgan fingerprint density at radius 3 is 2.75 bits per heavy atom. The molecule has 0 spiro atoms. The van der Waals surface area contributed by atoms with Crippen LogP contribution in [0, 0.1) is 6.92 Å². The molecule has 0 bridgehead atoms. The van der Waals surface area contributed by atoms with Crippen LogP contribution in [0.5, 0.6) is 0 Å². The number of nitrogens with zero attached hydrogens (tertiary/aromatic N) is 1. The van der Waals surface area contributed by atoms with Gasteiger partial charge in [0.2, 0.25) is 0 Å². The third-order valence-electron chi connectivity index (χ3n) is 3.29. The molecule has 0 unspecified atom stereocenters. The van der Waals surface area contributed by atoms with Gasteiger partial charge in [-0.1, -0.05) is 18.2 Å². The fraction of sp³-hybridized carbons (Fsp3) is 0.438. The third-order valence-corrected chi connectivity index (χ3v) is 3.29. The predicted octanol–water partition coefficient (Wildman–Crippen LogP) is 2.92. The molecular weight excluding hydrogens is 254 g/mol. The van der Waals surface area contributed by atoms with Gasteiger partial charge in [-0.2, -0.15) is 0 Å². The zero-order valence-corrected chi connectivity index (χ0v) is 12.1. The highest BCUT2D eigenvalue weighted by molar-refractivity contribution is 5.85. The quantitative estimate of drug-likeness (QED) is 0.576. The lowest BCUT2D eigenvalue weighted by Gasteiger charge is -2.06. The fourth-order valence-electron chi connectivity index (χ4n) is 2.28. The number of esters is 1. The molecule has 0 N–H and O–H groups in total. The zero-order chi connectivity index (χ0) is 14.4. The van der Waals surface area contributed by atoms with Crippen LogP contribution in [0.3, 0.4) is 0 Å². The summed E-state index contributed by atoms with van der Waals surface area (Å²) in [5.74, 6) is -0.192. The standard InChI is InChI=1S/C16H21NO3/c1-13-11-17(15-8-4-3-7-14(13)15)12-16(18)20-10-6-5-9-19-2/h3-4,7-8,11H,5-6,9-10,12H2,1-2H3. The van der Waals surface area contributed by atoms with E-state index in [1.54, 1.807) is 7.11 Å². The molecule has 20 heavy (non-hydrogen) atoms. The first kappa shape index (κ1) is 14.6. The molecule has 1 aromatic carbocycles. The average molecular weight is 275 g/mol. The number of methoxy groups -OCH3 is 1. The van der Waals surface area contributed by atoms with Gasteiger partial charge in [0.1, 0.15) is 6.54 Å². The van der Waals surface area contributed by atoms with E-state index in [0.29, 0.717) is 13.2 Å². The number of hydrogen-bond donors (Lipinski definition) is 0. The molecule has 2 aromatic rings. The van der Waals surface area contributed by atoms with E-state index in [1.807, 2.05) is 29.0 Å². The van der Waals surface area contributed by atoms with Crippen molar-refractivity contribution >= 4 is 16.9 Å². The van der Waals surface area contributed by atoms with Crippen molar-refractivity contribution < 1.29 is 14.3 Å². The van der Waals surface area contributed by atoms with E-state index in [2.05, 4.69) is 13.0 Å². The molecule has 0 radical (unpaired) electrons. The van der Waals surface area contributed by atoms with Gasteiger partial charge < -0.3 is 14.0 Å². The number of unbranched alkanes of at least 4 members (excludes halogenated alkanes) is 1. The lowest BCUT2D eigenvalue weighted by Crippen LogP contribution is -2.13. The first-order chi connectivity index (χ1) is 9.72. The highest BCUT2D eigenvalue weighted by Gasteiger charge is 2.09. The molecular formula is C16H21NO3. The summed E-state index contributed by atoms with van der Waals surface area (Å²) in [6.07, 6.45) is 3.75. The molecule has 2 rings (SSSR count). The van der Waals surface area contributed by atoms with Crippen molar-refractivity contribution in [3.05, 3.63) is 36.0 Å². The first-order valence-electron chi connectivity index (χ1n) is 6.91. The van der Waals surface area contributed by atoms with Crippen molar-refractivity contribution in [2.24, 2.45) is 0 Å². The lowest BCUT2D eigenvalue weighted by molar-refractivity contribution is -0.144. The molecule has 0 amide bonds. The summed E-state index contributed by atoms with van der Waals surface area (Å²) < 4.78 is 12.1. The summed E-state index contributed by atoms with van der Waals surface area (Å²) in [6, 6.07) is 8.08. The van der Waals surface area contributed by atoms with E-state index in [1.165, 1.54) is 10.9 Å². The van der Waals surface area contributed by atoms with Crippen LogP contribution >= 0.6 is 0 Å². The van der Waals surface area contributed by atoms with Crippen LogP contribution in [0.1, 0.15) is 18.4 Å². The largest absolute Gasteiger partial charge is 0.464 e. The van der Waals surface area contributed by atoms with E-state index >= 15 is 0 Å². The van der Waals surface area contributed by atoms with Gasteiger partial charge in [0.25, 0.3) is 0 Å². The molecule has 0 fully saturated rings. The number of carbonyl (C=O) groups excluding carboxylic acids is 1. The minimum atomic E-state index is -0.192. The van der Waals surface area contributed by atoms with Gasteiger partial charge in [-0.3, -0.25) is 4.79 Å². The molecule has 0 saturated heterocycles. The van der Waals surface area contributed by atoms with E-state index in [-0.39, 0.29) is 12.5 Å². The normalized spacial score (nSPS) is 10.9. The van der Waals surface area contributed by atoms with Crippen molar-refractivity contribution in [3.8, 4) is 0 Å². The molecule has 108 valence electrons. The second kappa shape index (κ2) is 7.10. The fourth-order valence-corrected chi connectivity index (χ4v) is 2.28. The van der Waals surface area contributed by atoms with Crippen LogP contribution in [0.15, 0.2) is 30.5 Å². The zero-order valence-electron chi connectivity index (χ0n) is 12.1. The molecule has 1 aromatic heterocycles. The van der Waals surface area contributed by atoms with Crippen molar-refractivity contribution in [1.29, 1.82) is 0 Å². The molecule has 4 heteroatoms. The van der Waals surface area contributed by atoms with Gasteiger partial charge in [-0.25, -0.2) is 0 Å². The summed E-state index contributed by atoms with van der Waals surface area (Å²) in [5.41, 5.74) is 2.25. The summed E-state index contributed by atoms with van der Waals surface area (Å²) >= 11 is 0. The SMILES string of the molecule is COCCCCOC(=O)Cn1cc(C)c2ccccc21. The third kappa shape index (κ3) is 3.61. The van der Waals surface area contributed by atoms with Crippen LogP contribution in [0.25, 0.3) is 10.9 Å². The van der Waals surface area contributed by atoms with Crippen LogP contribution in [-0.4, -0.2) is 30.9 Å². The van der Waals surface area contributed by atoms with Crippen LogP contribution in [0.4, 0.5) is 0 Å². The second-order valence-corrected chi connectivity index (χ2v) is 4.88. The lowest BCUT2D eigenvalue weighted by atomic mass is 10.2. The number of benzene rings is 1. The molecule has 4 nitrogen and oxygen atoms in total. The maximum absolute atomic E-state index is 11.8. The number of fused-ring (bicyclic) bond motifs is 1. The summed E-state index contributed by atoms with van der Waals surface area (Å²) in [6.45, 7) is 3.48. The molecule has 0 aliphatic carbocycles. The average Bonchev–Trinajstić information content (AvgIpc) is 2.76. The number of hydrogen-bond acceptors (Lipinski definition) is 3. The van der Waals surface area contributed by atoms with Gasteiger partial charge in [0.05, 0.1) is 6.61 Å². The Kier molecular flexibility index (Phi) is 5.18. The topological polar surface area (TPSA) is 40.5 Å². The van der Waals surface area contributed by atoms with Crippen molar-refractivity contribution in [2.45, 2.75) is 26.3 Å². The van der Waals surface area contributed by atoms with Crippen LogP contribution in [0.2, 0.25) is 0 Å². The highest BCUT2D eigenvalue weighted by Crippen LogP contribution is 2.20. The number of carbonyl (C=O) groups is 1. The Morgan fingerprint density at radius 2 is 1.95 bits per heavy atom. The number of aryl methyl sites for hydroxylation is 1. The summed E-state index contributed by atoms with van der Waals surface area (Å²) in [5, 5.41) is 1.18. The van der Waals surface area contributed by atoms with E-state index < -0.39 is 0 Å². The minimum Gasteiger partial charge on any atom is -0.464 e. The molecule has 1 heterocycles. The Bertz CT molecular complexity index is 574. The van der Waals surface area contributed by atoms with Crippen molar-refractivity contribution in [2.75, 3.05) is 20.3 Å². The molecule has 0 atom stereocenters. The molecule has 0 saturated carbocycles. The number of rotatable bonds is 7. The first-order valence-corrected chi connectivity index (χ1v) is 6.91. The van der Waals surface area contributed by atoms with Crippen molar-refractivity contribution in [3.63, 3.8) is 0 Å². The summed E-state index contributed by atoms with van der Waals surface area (Å²) in [7, 11) is 1.67. The maximum Gasteiger partial charge on any atom is 0.325 e. The maximum atomic E-state index is 11.8. The van der Waals surface area contributed by atoms with Gasteiger partial charge >= 0.3 is 5.97 Å². The van der Waals surface area contributed by atoms with E-state index in [4.69, 9.17) is 9.47 Å². The Morgan fingerprint density at radius 1 is 1.20 bits per heavy atom. The Balaban J connectivity index is 1.90. The van der Waals surface area contributed by atoms with E-state index in [0.717, 1.165) is 18.4 Å². The smallest absolute Gasteiger partial charge is 0.325 e. The van der Waals surface area contributed by atoms with Gasteiger partial charge in [-0.05, 0) is 31.4 Å². The Labute approximate surface area is 119 Å². The number of para-hydroxylation sites is 1. The van der Waals surface area contributed by atoms with Crippen LogP contribution < -0.4 is 0 Å². The monoisotopic (exact) mass is 275 g/mol. The second-order valence-electron chi connectivity index (χ2n) is 4.88. The minimum absolute atomic E-state index is 0.192. The van der Waals surface area contributed by atoms with Gasteiger partial charge in [-0.15, -0.1) is 0 Å². The number of aromatic nitrogens is 1. The van der Waals surface area contributed by atoms with Gasteiger partial charge in [0.15, 0.2) is 0 Å². The van der Waals surface area contributed by atoms with E-state index in [9.17, 15) is 4.79 Å². The number of ether oxygens (including phenoxy) is 2. The summed E-state index contributed by atoms with van der Waals surface area (Å²) in [4.78, 5) is 11.8. The Hall–Kier alpha value is -1.81. The van der Waals surface area contributed by atoms with Crippen LogP contribution in [-0.2, 0) is 20.8 Å². The predicted molar refractivity (Wildman–Crippen MR) is 78.7 cm³/mol. The molecule has 0 aliphatic rings. The molecule has 0 aliphatic heterocycles. The highest BCUT2D eigenvalue weighted by atomic mass is 16.5. The van der Waals surface area contributed by atoms with Gasteiger partial charge in [0, 0.05) is 30.8 Å².